The Bertz CT molecular complexity index is 1210. The van der Waals surface area contributed by atoms with Gasteiger partial charge in [-0.05, 0) is 48.4 Å². The van der Waals surface area contributed by atoms with Gasteiger partial charge in [0.25, 0.3) is 0 Å². The second kappa shape index (κ2) is 6.41. The minimum Gasteiger partial charge on any atom is -0.337 e. The smallest absolute Gasteiger partial charge is 0.321 e. The Kier molecular flexibility index (Phi) is 3.84. The van der Waals surface area contributed by atoms with Crippen LogP contribution in [0.3, 0.4) is 0 Å². The fourth-order valence-corrected chi connectivity index (χ4v) is 4.12. The van der Waals surface area contributed by atoms with Crippen molar-refractivity contribution >= 4 is 17.6 Å². The second-order valence-corrected chi connectivity index (χ2v) is 7.61. The monoisotopic (exact) mass is 386 g/mol. The third-order valence-electron chi connectivity index (χ3n) is 5.77. The van der Waals surface area contributed by atoms with Crippen LogP contribution >= 0.6 is 0 Å². The van der Waals surface area contributed by atoms with Crippen LogP contribution < -0.4 is 10.6 Å². The van der Waals surface area contributed by atoms with Crippen molar-refractivity contribution in [2.24, 2.45) is 0 Å². The van der Waals surface area contributed by atoms with E-state index in [1.807, 2.05) is 25.1 Å². The third-order valence-corrected chi connectivity index (χ3v) is 5.77. The van der Waals surface area contributed by atoms with Gasteiger partial charge >= 0.3 is 6.03 Å². The maximum Gasteiger partial charge on any atom is 0.321 e. The van der Waals surface area contributed by atoms with E-state index in [1.54, 1.807) is 16.9 Å². The maximum absolute atomic E-state index is 12.3. The fraction of sp³-hybridized carbons (Fsp3) is 0.286. The minimum atomic E-state index is -0.535. The average Bonchev–Trinajstić information content (AvgIpc) is 3.36. The predicted molar refractivity (Wildman–Crippen MR) is 103 cm³/mol. The molecule has 3 amide bonds. The van der Waals surface area contributed by atoms with Gasteiger partial charge in [0.1, 0.15) is 0 Å². The van der Waals surface area contributed by atoms with Gasteiger partial charge in [-0.15, -0.1) is 0 Å². The molecule has 1 aliphatic heterocycles. The van der Waals surface area contributed by atoms with E-state index in [1.165, 1.54) is 5.56 Å². The van der Waals surface area contributed by atoms with E-state index < -0.39 is 11.9 Å². The molecule has 2 aromatic heterocycles. The first-order valence-corrected chi connectivity index (χ1v) is 9.48. The van der Waals surface area contributed by atoms with Crippen LogP contribution in [-0.4, -0.2) is 33.1 Å². The highest BCUT2D eigenvalue weighted by atomic mass is 16.2. The summed E-state index contributed by atoms with van der Waals surface area (Å²) >= 11 is 0. The summed E-state index contributed by atoms with van der Waals surface area (Å²) in [6.45, 7) is 2.17. The zero-order valence-electron chi connectivity index (χ0n) is 15.7. The van der Waals surface area contributed by atoms with Crippen molar-refractivity contribution in [1.82, 2.24) is 25.2 Å². The van der Waals surface area contributed by atoms with Crippen LogP contribution in [0.4, 0.5) is 4.79 Å². The molecule has 1 unspecified atom stereocenters. The quantitative estimate of drug-likeness (QED) is 0.716. The summed E-state index contributed by atoms with van der Waals surface area (Å²) < 4.78 is 1.70. The SMILES string of the molecule is Cc1cc([C@H]2C[C@@H]2c2cc(C3CNC(=O)NC3=O)nn3ccnc23)ccc1C#N. The number of fused-ring (bicyclic) bond motifs is 1. The van der Waals surface area contributed by atoms with Gasteiger partial charge in [0.15, 0.2) is 5.65 Å². The van der Waals surface area contributed by atoms with Crippen LogP contribution in [0.15, 0.2) is 36.7 Å². The molecule has 8 nitrogen and oxygen atoms in total. The highest BCUT2D eigenvalue weighted by Crippen LogP contribution is 2.55. The normalized spacial score (nSPS) is 23.4. The molecule has 1 saturated carbocycles. The molecule has 2 N–H and O–H groups in total. The van der Waals surface area contributed by atoms with Gasteiger partial charge in [-0.3, -0.25) is 10.1 Å². The highest BCUT2D eigenvalue weighted by Gasteiger charge is 2.42. The number of aromatic nitrogens is 3. The molecule has 2 fully saturated rings. The topological polar surface area (TPSA) is 112 Å². The molecule has 0 bridgehead atoms. The summed E-state index contributed by atoms with van der Waals surface area (Å²) in [5.41, 5.74) is 5.33. The van der Waals surface area contributed by atoms with Gasteiger partial charge in [0.2, 0.25) is 5.91 Å². The molecule has 1 saturated heterocycles. The first-order chi connectivity index (χ1) is 14.0. The molecular weight excluding hydrogens is 368 g/mol. The number of benzene rings is 1. The van der Waals surface area contributed by atoms with Gasteiger partial charge in [0.05, 0.1) is 23.2 Å². The number of hydrogen-bond acceptors (Lipinski definition) is 5. The molecule has 1 aromatic carbocycles. The standard InChI is InChI=1S/C21H18N6O2/c1-11-6-12(2-3-13(11)9-22)14-7-15(14)16-8-18(26-27-5-4-23-19(16)27)17-10-24-21(29)25-20(17)28/h2-6,8,14-15,17H,7,10H2,1H3,(H2,24,25,28,29)/t14-,15+,17?/m1/s1. The van der Waals surface area contributed by atoms with Gasteiger partial charge in [-0.25, -0.2) is 14.3 Å². The number of urea groups is 1. The molecular formula is C21H18N6O2. The minimum absolute atomic E-state index is 0.222. The van der Waals surface area contributed by atoms with Gasteiger partial charge in [-0.1, -0.05) is 12.1 Å². The van der Waals surface area contributed by atoms with Gasteiger partial charge in [-0.2, -0.15) is 10.4 Å². The molecule has 144 valence electrons. The van der Waals surface area contributed by atoms with E-state index in [-0.39, 0.29) is 18.4 Å². The van der Waals surface area contributed by atoms with E-state index in [0.717, 1.165) is 23.2 Å². The second-order valence-electron chi connectivity index (χ2n) is 7.61. The lowest BCUT2D eigenvalue weighted by Gasteiger charge is -2.22. The number of nitriles is 1. The Labute approximate surface area is 166 Å². The van der Waals surface area contributed by atoms with Crippen molar-refractivity contribution in [2.75, 3.05) is 6.54 Å². The third kappa shape index (κ3) is 2.91. The van der Waals surface area contributed by atoms with Crippen molar-refractivity contribution in [3.05, 3.63) is 64.6 Å². The summed E-state index contributed by atoms with van der Waals surface area (Å²) in [5, 5.41) is 18.7. The molecule has 2 aliphatic rings. The number of imidazole rings is 1. The van der Waals surface area contributed by atoms with Crippen LogP contribution in [-0.2, 0) is 4.79 Å². The first kappa shape index (κ1) is 17.4. The van der Waals surface area contributed by atoms with Crippen molar-refractivity contribution in [3.8, 4) is 6.07 Å². The van der Waals surface area contributed by atoms with Crippen LogP contribution in [0.25, 0.3) is 5.65 Å². The van der Waals surface area contributed by atoms with Crippen LogP contribution in [0.1, 0.15) is 52.1 Å². The van der Waals surface area contributed by atoms with Crippen molar-refractivity contribution in [1.29, 1.82) is 5.26 Å². The summed E-state index contributed by atoms with van der Waals surface area (Å²) in [5.74, 6) is -0.262. The molecule has 0 spiro atoms. The lowest BCUT2D eigenvalue weighted by atomic mass is 9.98. The number of imide groups is 1. The first-order valence-electron chi connectivity index (χ1n) is 9.48. The highest BCUT2D eigenvalue weighted by molar-refractivity contribution is 6.00. The molecule has 1 aliphatic carbocycles. The van der Waals surface area contributed by atoms with Gasteiger partial charge in [0, 0.05) is 24.5 Å². The zero-order valence-corrected chi connectivity index (χ0v) is 15.7. The number of nitrogens with zero attached hydrogens (tertiary/aromatic N) is 4. The number of nitrogens with one attached hydrogen (secondary N) is 2. The van der Waals surface area contributed by atoms with Crippen LogP contribution in [0.5, 0.6) is 0 Å². The maximum atomic E-state index is 12.3. The Morgan fingerprint density at radius 1 is 1.24 bits per heavy atom. The van der Waals surface area contributed by atoms with E-state index in [0.29, 0.717) is 17.2 Å². The largest absolute Gasteiger partial charge is 0.337 e. The number of aryl methyl sites for hydroxylation is 1. The van der Waals surface area contributed by atoms with Crippen molar-refractivity contribution < 1.29 is 9.59 Å². The molecule has 3 aromatic rings. The zero-order chi connectivity index (χ0) is 20.1. The van der Waals surface area contributed by atoms with E-state index in [4.69, 9.17) is 5.26 Å². The Hall–Kier alpha value is -3.73. The number of carbonyl (C=O) groups is 2. The molecule has 0 radical (unpaired) electrons. The lowest BCUT2D eigenvalue weighted by Crippen LogP contribution is -2.51. The van der Waals surface area contributed by atoms with E-state index >= 15 is 0 Å². The fourth-order valence-electron chi connectivity index (χ4n) is 4.12. The van der Waals surface area contributed by atoms with Crippen molar-refractivity contribution in [2.45, 2.75) is 31.1 Å². The Morgan fingerprint density at radius 3 is 2.86 bits per heavy atom. The summed E-state index contributed by atoms with van der Waals surface area (Å²) in [6, 6.07) is 9.65. The molecule has 29 heavy (non-hydrogen) atoms. The lowest BCUT2D eigenvalue weighted by molar-refractivity contribution is -0.122. The van der Waals surface area contributed by atoms with Crippen LogP contribution in [0.2, 0.25) is 0 Å². The number of carbonyl (C=O) groups excluding carboxylic acids is 2. The molecule has 5 rings (SSSR count). The Morgan fingerprint density at radius 2 is 2.10 bits per heavy atom. The predicted octanol–water partition coefficient (Wildman–Crippen LogP) is 2.10. The Balaban J connectivity index is 1.50. The number of hydrogen-bond donors (Lipinski definition) is 2. The number of rotatable bonds is 3. The van der Waals surface area contributed by atoms with Crippen molar-refractivity contribution in [3.63, 3.8) is 0 Å². The van der Waals surface area contributed by atoms with Crippen LogP contribution in [0, 0.1) is 18.3 Å². The molecule has 3 atom stereocenters. The van der Waals surface area contributed by atoms with Gasteiger partial charge < -0.3 is 5.32 Å². The summed E-state index contributed by atoms with van der Waals surface area (Å²) in [6.07, 6.45) is 4.44. The summed E-state index contributed by atoms with van der Waals surface area (Å²) in [4.78, 5) is 28.1. The van der Waals surface area contributed by atoms with E-state index in [9.17, 15) is 9.59 Å². The number of amides is 3. The summed E-state index contributed by atoms with van der Waals surface area (Å²) in [7, 11) is 0. The average molecular weight is 386 g/mol. The molecule has 8 heteroatoms. The van der Waals surface area contributed by atoms with E-state index in [2.05, 4.69) is 32.9 Å². The molecule has 3 heterocycles.